The molecule has 1 atom stereocenters. The minimum atomic E-state index is -0.0263. The Morgan fingerprint density at radius 2 is 2.24 bits per heavy atom. The molecule has 0 aliphatic carbocycles. The lowest BCUT2D eigenvalue weighted by atomic mass is 9.88. The summed E-state index contributed by atoms with van der Waals surface area (Å²) in [6.07, 6.45) is 1.38. The van der Waals surface area contributed by atoms with Crippen LogP contribution in [0.1, 0.15) is 27.5 Å². The molecule has 21 heavy (non-hydrogen) atoms. The summed E-state index contributed by atoms with van der Waals surface area (Å²) in [5.74, 6) is 0.165. The maximum Gasteiger partial charge on any atom is 0.246 e. The van der Waals surface area contributed by atoms with E-state index in [1.807, 2.05) is 23.1 Å². The second-order valence-corrected chi connectivity index (χ2v) is 6.99. The molecule has 0 saturated carbocycles. The summed E-state index contributed by atoms with van der Waals surface area (Å²) in [5, 5.41) is 0. The molecule has 2 heterocycles. The van der Waals surface area contributed by atoms with Gasteiger partial charge in [0, 0.05) is 23.9 Å². The Bertz CT molecular complexity index is 707. The van der Waals surface area contributed by atoms with Gasteiger partial charge in [0.15, 0.2) is 0 Å². The Morgan fingerprint density at radius 1 is 1.48 bits per heavy atom. The molecule has 108 valence electrons. The van der Waals surface area contributed by atoms with Crippen LogP contribution in [0.5, 0.6) is 0 Å². The van der Waals surface area contributed by atoms with Gasteiger partial charge in [-0.2, -0.15) is 0 Å². The zero-order chi connectivity index (χ0) is 15.0. The van der Waals surface area contributed by atoms with Crippen LogP contribution in [0.15, 0.2) is 43.0 Å². The second kappa shape index (κ2) is 5.66. The lowest BCUT2D eigenvalue weighted by molar-refractivity contribution is -0.127. The Kier molecular flexibility index (Phi) is 3.87. The largest absolute Gasteiger partial charge is 0.334 e. The van der Waals surface area contributed by atoms with Gasteiger partial charge < -0.3 is 4.90 Å². The van der Waals surface area contributed by atoms with Crippen molar-refractivity contribution in [3.8, 4) is 0 Å². The number of amides is 1. The van der Waals surface area contributed by atoms with Crippen molar-refractivity contribution in [2.45, 2.75) is 19.4 Å². The molecule has 1 aliphatic heterocycles. The third-order valence-electron chi connectivity index (χ3n) is 3.94. The monoisotopic (exact) mass is 317 g/mol. The molecule has 0 radical (unpaired) electrons. The summed E-state index contributed by atoms with van der Waals surface area (Å²) in [7, 11) is 0. The molecule has 1 aliphatic rings. The Balaban J connectivity index is 2.08. The Hall–Kier alpha value is -1.58. The number of hydrogen-bond acceptors (Lipinski definition) is 2. The lowest BCUT2D eigenvalue weighted by Gasteiger charge is -2.33. The van der Waals surface area contributed by atoms with E-state index in [1.165, 1.54) is 22.1 Å². The smallest absolute Gasteiger partial charge is 0.246 e. The molecular weight excluding hydrogens is 302 g/mol. The van der Waals surface area contributed by atoms with E-state index in [1.54, 1.807) is 11.3 Å². The fourth-order valence-corrected chi connectivity index (χ4v) is 4.31. The third-order valence-corrected chi connectivity index (χ3v) is 5.36. The average molecular weight is 318 g/mol. The summed E-state index contributed by atoms with van der Waals surface area (Å²) in [6, 6.07) is 10.3. The molecule has 1 aromatic carbocycles. The molecule has 0 spiro atoms. The van der Waals surface area contributed by atoms with Crippen LogP contribution in [0.3, 0.4) is 0 Å². The molecule has 0 N–H and O–H groups in total. The number of carbonyl (C=O) groups excluding carboxylic acids is 1. The molecule has 0 unspecified atom stereocenters. The number of aryl methyl sites for hydroxylation is 1. The van der Waals surface area contributed by atoms with E-state index >= 15 is 0 Å². The van der Waals surface area contributed by atoms with Gasteiger partial charge in [-0.15, -0.1) is 11.3 Å². The summed E-state index contributed by atoms with van der Waals surface area (Å²) in [4.78, 5) is 15.1. The van der Waals surface area contributed by atoms with Crippen molar-refractivity contribution in [2.75, 3.05) is 6.54 Å². The van der Waals surface area contributed by atoms with Crippen molar-refractivity contribution < 1.29 is 4.79 Å². The highest BCUT2D eigenvalue weighted by Gasteiger charge is 2.31. The molecule has 0 saturated heterocycles. The minimum absolute atomic E-state index is 0.0263. The highest BCUT2D eigenvalue weighted by molar-refractivity contribution is 7.16. The van der Waals surface area contributed by atoms with Crippen LogP contribution in [-0.4, -0.2) is 17.4 Å². The number of rotatable bonds is 2. The summed E-state index contributed by atoms with van der Waals surface area (Å²) in [5.41, 5.74) is 3.66. The molecule has 0 fully saturated rings. The predicted octanol–water partition coefficient (Wildman–Crippen LogP) is 4.37. The molecular formula is C17H16ClNOS. The highest BCUT2D eigenvalue weighted by atomic mass is 35.5. The SMILES string of the molecule is C=CC(=O)N1Cc2cc(Cl)sc2[C@@H](c2ccccc2C)C1. The van der Waals surface area contributed by atoms with Crippen LogP contribution < -0.4 is 0 Å². The van der Waals surface area contributed by atoms with Gasteiger partial charge in [0.1, 0.15) is 0 Å². The van der Waals surface area contributed by atoms with Gasteiger partial charge in [0.25, 0.3) is 0 Å². The zero-order valence-corrected chi connectivity index (χ0v) is 13.4. The van der Waals surface area contributed by atoms with Crippen molar-refractivity contribution in [1.29, 1.82) is 0 Å². The van der Waals surface area contributed by atoms with Gasteiger partial charge in [0.05, 0.1) is 4.34 Å². The molecule has 1 amide bonds. The van der Waals surface area contributed by atoms with Crippen molar-refractivity contribution >= 4 is 28.8 Å². The van der Waals surface area contributed by atoms with Gasteiger partial charge >= 0.3 is 0 Å². The van der Waals surface area contributed by atoms with Crippen molar-refractivity contribution in [1.82, 2.24) is 4.90 Å². The average Bonchev–Trinajstić information content (AvgIpc) is 2.86. The molecule has 2 aromatic rings. The van der Waals surface area contributed by atoms with Gasteiger partial charge in [-0.05, 0) is 35.8 Å². The van der Waals surface area contributed by atoms with Crippen LogP contribution in [0, 0.1) is 6.92 Å². The van der Waals surface area contributed by atoms with E-state index in [-0.39, 0.29) is 11.8 Å². The Labute approximate surface area is 133 Å². The highest BCUT2D eigenvalue weighted by Crippen LogP contribution is 2.41. The predicted molar refractivity (Wildman–Crippen MR) is 88.0 cm³/mol. The van der Waals surface area contributed by atoms with E-state index in [9.17, 15) is 4.79 Å². The summed E-state index contributed by atoms with van der Waals surface area (Å²) in [6.45, 7) is 7.00. The van der Waals surface area contributed by atoms with E-state index in [0.29, 0.717) is 13.1 Å². The van der Waals surface area contributed by atoms with Gasteiger partial charge in [-0.3, -0.25) is 4.79 Å². The molecule has 1 aromatic heterocycles. The number of benzene rings is 1. The van der Waals surface area contributed by atoms with E-state index in [4.69, 9.17) is 11.6 Å². The Morgan fingerprint density at radius 3 is 2.95 bits per heavy atom. The number of fused-ring (bicyclic) bond motifs is 1. The molecule has 3 rings (SSSR count). The topological polar surface area (TPSA) is 20.3 Å². The van der Waals surface area contributed by atoms with E-state index in [0.717, 1.165) is 9.90 Å². The molecule has 4 heteroatoms. The summed E-state index contributed by atoms with van der Waals surface area (Å²) >= 11 is 7.82. The fourth-order valence-electron chi connectivity index (χ4n) is 2.91. The fraction of sp³-hybridized carbons (Fsp3) is 0.235. The standard InChI is InChI=1S/C17H16ClNOS/c1-3-16(20)19-9-12-8-15(18)21-17(12)14(10-19)13-7-5-4-6-11(13)2/h3-8,14H,1,9-10H2,2H3/t14-/m1/s1. The van der Waals surface area contributed by atoms with Crippen molar-refractivity contribution in [3.63, 3.8) is 0 Å². The maximum atomic E-state index is 12.0. The maximum absolute atomic E-state index is 12.0. The number of halogens is 1. The zero-order valence-electron chi connectivity index (χ0n) is 11.8. The number of thiophene rings is 1. The number of carbonyl (C=O) groups is 1. The van der Waals surface area contributed by atoms with Crippen LogP contribution >= 0.6 is 22.9 Å². The van der Waals surface area contributed by atoms with Gasteiger partial charge in [-0.25, -0.2) is 0 Å². The number of hydrogen-bond donors (Lipinski definition) is 0. The van der Waals surface area contributed by atoms with Crippen LogP contribution in [0.2, 0.25) is 4.34 Å². The first-order valence-electron chi connectivity index (χ1n) is 6.85. The lowest BCUT2D eigenvalue weighted by Crippen LogP contribution is -2.37. The molecule has 0 bridgehead atoms. The first kappa shape index (κ1) is 14.4. The van der Waals surface area contributed by atoms with Gasteiger partial charge in [-0.1, -0.05) is 42.4 Å². The van der Waals surface area contributed by atoms with E-state index in [2.05, 4.69) is 25.6 Å². The summed E-state index contributed by atoms with van der Waals surface area (Å²) < 4.78 is 0.784. The minimum Gasteiger partial charge on any atom is -0.334 e. The molecule has 2 nitrogen and oxygen atoms in total. The first-order chi connectivity index (χ1) is 10.1. The quantitative estimate of drug-likeness (QED) is 0.753. The van der Waals surface area contributed by atoms with E-state index < -0.39 is 0 Å². The number of nitrogens with zero attached hydrogens (tertiary/aromatic N) is 1. The van der Waals surface area contributed by atoms with Crippen LogP contribution in [0.4, 0.5) is 0 Å². The third kappa shape index (κ3) is 2.63. The van der Waals surface area contributed by atoms with Crippen molar-refractivity contribution in [3.05, 3.63) is 68.9 Å². The van der Waals surface area contributed by atoms with Crippen molar-refractivity contribution in [2.24, 2.45) is 0 Å². The van der Waals surface area contributed by atoms with Gasteiger partial charge in [0.2, 0.25) is 5.91 Å². The first-order valence-corrected chi connectivity index (χ1v) is 8.04. The van der Waals surface area contributed by atoms with Crippen LogP contribution in [0.25, 0.3) is 0 Å². The normalized spacial score (nSPS) is 17.4. The second-order valence-electron chi connectivity index (χ2n) is 5.27. The van der Waals surface area contributed by atoms with Crippen LogP contribution in [-0.2, 0) is 11.3 Å².